The Morgan fingerprint density at radius 1 is 0.346 bits per heavy atom. The van der Waals surface area contributed by atoms with Crippen LogP contribution in [0.2, 0.25) is 0 Å². The van der Waals surface area contributed by atoms with Crippen molar-refractivity contribution in [3.8, 4) is 74.0 Å². The van der Waals surface area contributed by atoms with Gasteiger partial charge in [-0.3, -0.25) is 13.7 Å². The van der Waals surface area contributed by atoms with Gasteiger partial charge in [0.2, 0.25) is 0 Å². The van der Waals surface area contributed by atoms with Gasteiger partial charge in [-0.1, -0.05) is 97.1 Å². The van der Waals surface area contributed by atoms with Gasteiger partial charge in [0.05, 0.1) is 17.1 Å². The largest absolute Gasteiger partial charge is 0.299 e. The Balaban J connectivity index is 0.861. The molecule has 0 fully saturated rings. The summed E-state index contributed by atoms with van der Waals surface area (Å²) in [4.78, 5) is 44.8. The number of rotatable bonds is 17. The summed E-state index contributed by atoms with van der Waals surface area (Å²) in [7, 11) is 0. The molecule has 0 aliphatic rings. The molecule has 0 N–H and O–H groups in total. The SMILES string of the molecule is Cc1cccc(C)c1-n1ccnc1-c1ccc(SCc2cc(CSc3ccc(-c4nccn4-c4c(C)cccc4C)cc3-c3ncncn3)cc(CSc3ccc(-c4nccn4-c4c(C)cccc4C)cc3-c3ncncn3)c2)cc1. The zero-order chi connectivity index (χ0) is 55.4. The summed E-state index contributed by atoms with van der Waals surface area (Å²) in [6, 6.07) is 48.0. The molecular weight excluding hydrogens is 1060 g/mol. The fourth-order valence-electron chi connectivity index (χ4n) is 10.6. The second-order valence-corrected chi connectivity index (χ2v) is 23.1. The van der Waals surface area contributed by atoms with E-state index >= 15 is 0 Å². The van der Waals surface area contributed by atoms with Gasteiger partial charge < -0.3 is 0 Å². The lowest BCUT2D eigenvalue weighted by Gasteiger charge is -2.16. The van der Waals surface area contributed by atoms with Crippen molar-refractivity contribution < 1.29 is 0 Å². The number of thioether (sulfide) groups is 3. The van der Waals surface area contributed by atoms with Crippen LogP contribution in [0.4, 0.5) is 0 Å². The molecule has 0 unspecified atom stereocenters. The standard InChI is InChI=1S/C66H56N12S3/c1-42-10-7-11-43(2)59(42)76-27-24-69-64(76)51-16-20-54(21-17-51)79-35-48-30-49(36-80-57-22-18-52(33-55(57)62-72-38-67-39-73-62)65-70-25-28-77(65)60-44(3)12-8-13-45(60)4)32-50(31-48)37-81-58-23-19-53(34-56(58)63-74-40-68-41-75-63)66-71-26-29-78(66)61-46(5)14-9-15-47(61)6/h7-34,38-41H,35-37H2,1-6H3. The van der Waals surface area contributed by atoms with Crippen molar-refractivity contribution in [2.45, 2.75) is 73.5 Å². The molecule has 0 spiro atoms. The fraction of sp³-hybridized carbons (Fsp3) is 0.136. The molecule has 0 amide bonds. The number of benzene rings is 7. The maximum atomic E-state index is 4.88. The highest BCUT2D eigenvalue weighted by atomic mass is 32.2. The Kier molecular flexibility index (Phi) is 15.4. The molecule has 7 aromatic carbocycles. The molecule has 5 aromatic heterocycles. The number of hydrogen-bond acceptors (Lipinski definition) is 12. The monoisotopic (exact) mass is 1110 g/mol. The molecule has 81 heavy (non-hydrogen) atoms. The van der Waals surface area contributed by atoms with Crippen LogP contribution in [0, 0.1) is 41.5 Å². The van der Waals surface area contributed by atoms with Crippen molar-refractivity contribution in [1.82, 2.24) is 58.6 Å². The molecule has 0 aliphatic heterocycles. The predicted octanol–water partition coefficient (Wildman–Crippen LogP) is 15.7. The van der Waals surface area contributed by atoms with E-state index in [1.807, 2.05) is 42.7 Å². The summed E-state index contributed by atoms with van der Waals surface area (Å²) < 4.78 is 6.55. The molecule has 0 bridgehead atoms. The van der Waals surface area contributed by atoms with Crippen molar-refractivity contribution in [3.63, 3.8) is 0 Å². The highest BCUT2D eigenvalue weighted by Crippen LogP contribution is 2.40. The van der Waals surface area contributed by atoms with E-state index in [1.165, 1.54) is 60.7 Å². The van der Waals surface area contributed by atoms with Gasteiger partial charge in [0.25, 0.3) is 0 Å². The summed E-state index contributed by atoms with van der Waals surface area (Å²) in [5.41, 5.74) is 19.1. The van der Waals surface area contributed by atoms with Crippen molar-refractivity contribution in [3.05, 3.63) is 246 Å². The molecule has 12 aromatic rings. The van der Waals surface area contributed by atoms with Crippen molar-refractivity contribution >= 4 is 35.3 Å². The van der Waals surface area contributed by atoms with Gasteiger partial charge in [-0.05, 0) is 128 Å². The van der Waals surface area contributed by atoms with Crippen LogP contribution in [0.25, 0.3) is 74.0 Å². The Hall–Kier alpha value is -8.76. The molecule has 0 radical (unpaired) electrons. The Bertz CT molecular complexity index is 3950. The summed E-state index contributed by atoms with van der Waals surface area (Å²) in [5.74, 6) is 6.04. The van der Waals surface area contributed by atoms with Gasteiger partial charge in [0, 0.05) is 96.9 Å². The number of imidazole rings is 3. The molecule has 0 saturated carbocycles. The van der Waals surface area contributed by atoms with E-state index in [1.54, 1.807) is 48.8 Å². The van der Waals surface area contributed by atoms with Crippen molar-refractivity contribution in [2.75, 3.05) is 0 Å². The van der Waals surface area contributed by atoms with E-state index in [0.717, 1.165) is 72.2 Å². The highest BCUT2D eigenvalue weighted by molar-refractivity contribution is 7.99. The predicted molar refractivity (Wildman–Crippen MR) is 328 cm³/mol. The second-order valence-electron chi connectivity index (χ2n) is 20.0. The van der Waals surface area contributed by atoms with E-state index in [-0.39, 0.29) is 0 Å². The maximum absolute atomic E-state index is 4.88. The summed E-state index contributed by atoms with van der Waals surface area (Å²) >= 11 is 5.38. The first-order chi connectivity index (χ1) is 39.6. The minimum Gasteiger partial charge on any atom is -0.299 e. The molecule has 0 saturated heterocycles. The van der Waals surface area contributed by atoms with E-state index in [2.05, 4.69) is 225 Å². The number of hydrogen-bond donors (Lipinski definition) is 0. The zero-order valence-electron chi connectivity index (χ0n) is 45.7. The van der Waals surface area contributed by atoms with Crippen molar-refractivity contribution in [2.24, 2.45) is 0 Å². The molecule has 15 heteroatoms. The van der Waals surface area contributed by atoms with Gasteiger partial charge in [-0.2, -0.15) is 0 Å². The van der Waals surface area contributed by atoms with Gasteiger partial charge in [0.1, 0.15) is 42.8 Å². The smallest absolute Gasteiger partial charge is 0.163 e. The molecule has 0 aliphatic carbocycles. The van der Waals surface area contributed by atoms with Gasteiger partial charge in [-0.15, -0.1) is 35.3 Å². The quantitative estimate of drug-likeness (QED) is 0.0804. The molecule has 12 nitrogen and oxygen atoms in total. The Morgan fingerprint density at radius 3 is 1.05 bits per heavy atom. The van der Waals surface area contributed by atoms with Crippen LogP contribution in [-0.4, -0.2) is 58.6 Å². The van der Waals surface area contributed by atoms with Crippen LogP contribution in [0.15, 0.2) is 211 Å². The van der Waals surface area contributed by atoms with E-state index in [0.29, 0.717) is 23.2 Å². The zero-order valence-corrected chi connectivity index (χ0v) is 48.1. The van der Waals surface area contributed by atoms with Gasteiger partial charge >= 0.3 is 0 Å². The van der Waals surface area contributed by atoms with Crippen LogP contribution < -0.4 is 0 Å². The summed E-state index contributed by atoms with van der Waals surface area (Å²) in [5, 5.41) is 0. The minimum absolute atomic E-state index is 0.608. The van der Waals surface area contributed by atoms with Crippen LogP contribution >= 0.6 is 35.3 Å². The lowest BCUT2D eigenvalue weighted by Crippen LogP contribution is -2.02. The average molecular weight is 1110 g/mol. The van der Waals surface area contributed by atoms with E-state index in [4.69, 9.17) is 15.0 Å². The maximum Gasteiger partial charge on any atom is 0.163 e. The first-order valence-electron chi connectivity index (χ1n) is 26.6. The minimum atomic E-state index is 0.608. The highest BCUT2D eigenvalue weighted by Gasteiger charge is 2.20. The lowest BCUT2D eigenvalue weighted by atomic mass is 10.1. The first-order valence-corrected chi connectivity index (χ1v) is 29.5. The normalized spacial score (nSPS) is 11.4. The molecule has 398 valence electrons. The topological polar surface area (TPSA) is 131 Å². The molecule has 5 heterocycles. The number of aryl methyl sites for hydroxylation is 6. The van der Waals surface area contributed by atoms with Gasteiger partial charge in [-0.25, -0.2) is 44.9 Å². The number of para-hydroxylation sites is 3. The number of nitrogens with zero attached hydrogens (tertiary/aromatic N) is 12. The van der Waals surface area contributed by atoms with E-state index in [9.17, 15) is 0 Å². The third-order valence-electron chi connectivity index (χ3n) is 14.3. The summed E-state index contributed by atoms with van der Waals surface area (Å²) in [6.07, 6.45) is 17.9. The third-order valence-corrected chi connectivity index (χ3v) is 17.7. The fourth-order valence-corrected chi connectivity index (χ4v) is 13.4. The van der Waals surface area contributed by atoms with Crippen LogP contribution in [-0.2, 0) is 17.3 Å². The van der Waals surface area contributed by atoms with Crippen LogP contribution in [0.1, 0.15) is 50.1 Å². The third kappa shape index (κ3) is 11.2. The molecule has 12 rings (SSSR count). The lowest BCUT2D eigenvalue weighted by molar-refractivity contribution is 1.03. The molecular formula is C66H56N12S3. The summed E-state index contributed by atoms with van der Waals surface area (Å²) in [6.45, 7) is 12.9. The van der Waals surface area contributed by atoms with Crippen LogP contribution in [0.3, 0.4) is 0 Å². The molecule has 0 atom stereocenters. The van der Waals surface area contributed by atoms with Crippen LogP contribution in [0.5, 0.6) is 0 Å². The van der Waals surface area contributed by atoms with Gasteiger partial charge in [0.15, 0.2) is 11.6 Å². The van der Waals surface area contributed by atoms with E-state index < -0.39 is 0 Å². The average Bonchev–Trinajstić information content (AvgIpc) is 4.40. The first kappa shape index (κ1) is 52.9. The van der Waals surface area contributed by atoms with Crippen molar-refractivity contribution in [1.29, 1.82) is 0 Å². The number of aromatic nitrogens is 12. The Morgan fingerprint density at radius 2 is 0.679 bits per heavy atom. The second kappa shape index (κ2) is 23.5. The Labute approximate surface area is 484 Å².